The Labute approximate surface area is 217 Å². The number of carbonyl (C=O) groups excluding carboxylic acids is 1. The summed E-state index contributed by atoms with van der Waals surface area (Å²) in [6.45, 7) is 4.38. The molecule has 38 heavy (non-hydrogen) atoms. The molecular weight excluding hydrogens is 521 g/mol. The monoisotopic (exact) mass is 551 g/mol. The number of H-pyrrole nitrogens is 1. The molecule has 6 atom stereocenters. The van der Waals surface area contributed by atoms with Crippen LogP contribution < -0.4 is 26.6 Å². The highest BCUT2D eigenvalue weighted by molar-refractivity contribution is 7.52. The van der Waals surface area contributed by atoms with E-state index < -0.39 is 56.4 Å². The molecule has 2 aromatic heterocycles. The molecule has 3 aromatic rings. The lowest BCUT2D eigenvalue weighted by atomic mass is 10.1. The van der Waals surface area contributed by atoms with E-state index in [1.54, 1.807) is 44.2 Å². The van der Waals surface area contributed by atoms with Gasteiger partial charge in [-0.25, -0.2) is 9.55 Å². The molecule has 0 aliphatic carbocycles. The number of nitrogen functional groups attached to an aromatic ring is 1. The van der Waals surface area contributed by atoms with Gasteiger partial charge in [0, 0.05) is 0 Å². The van der Waals surface area contributed by atoms with Crippen LogP contribution >= 0.6 is 7.75 Å². The maximum absolute atomic E-state index is 13.7. The smallest absolute Gasteiger partial charge is 0.459 e. The van der Waals surface area contributed by atoms with E-state index in [1.807, 2.05) is 0 Å². The number of aliphatic hydroxyl groups excluding tert-OH is 1. The van der Waals surface area contributed by atoms with Gasteiger partial charge in [0.25, 0.3) is 5.56 Å². The third kappa shape index (κ3) is 6.04. The molecular formula is C22H30N7O8P. The van der Waals surface area contributed by atoms with E-state index in [1.165, 1.54) is 17.8 Å². The van der Waals surface area contributed by atoms with Crippen molar-refractivity contribution in [1.82, 2.24) is 24.6 Å². The summed E-state index contributed by atoms with van der Waals surface area (Å²) >= 11 is 0. The number of esters is 1. The zero-order chi connectivity index (χ0) is 27.6. The molecule has 7 N–H and O–H groups in total. The number of hydrogen-bond acceptors (Lipinski definition) is 12. The molecule has 0 bridgehead atoms. The number of aromatic nitrogens is 4. The Kier molecular flexibility index (Phi) is 8.16. The third-order valence-electron chi connectivity index (χ3n) is 5.58. The van der Waals surface area contributed by atoms with Gasteiger partial charge in [0.05, 0.1) is 25.1 Å². The summed E-state index contributed by atoms with van der Waals surface area (Å²) in [4.78, 5) is 34.9. The van der Waals surface area contributed by atoms with Crippen LogP contribution in [0.15, 0.2) is 41.5 Å². The van der Waals surface area contributed by atoms with Crippen molar-refractivity contribution in [3.05, 3.63) is 47.0 Å². The second-order valence-corrected chi connectivity index (χ2v) is 10.6. The average Bonchev–Trinajstić information content (AvgIpc) is 3.39. The Bertz CT molecular complexity index is 1380. The highest BCUT2D eigenvalue weighted by atomic mass is 31.2. The van der Waals surface area contributed by atoms with Crippen LogP contribution in [0.3, 0.4) is 0 Å². The van der Waals surface area contributed by atoms with Crippen molar-refractivity contribution >= 4 is 30.8 Å². The molecule has 15 nitrogen and oxygen atoms in total. The molecule has 3 heterocycles. The van der Waals surface area contributed by atoms with Crippen LogP contribution in [-0.2, 0) is 23.4 Å². The third-order valence-corrected chi connectivity index (χ3v) is 7.22. The maximum atomic E-state index is 13.7. The van der Waals surface area contributed by atoms with Gasteiger partial charge in [0.1, 0.15) is 24.0 Å². The van der Waals surface area contributed by atoms with Crippen molar-refractivity contribution in [3.63, 3.8) is 0 Å². The van der Waals surface area contributed by atoms with Gasteiger partial charge in [0.2, 0.25) is 5.95 Å². The fourth-order valence-electron chi connectivity index (χ4n) is 3.79. The minimum atomic E-state index is -4.20. The van der Waals surface area contributed by atoms with Gasteiger partial charge in [-0.15, -0.1) is 0 Å². The summed E-state index contributed by atoms with van der Waals surface area (Å²) in [6, 6.07) is 6.16. The molecule has 4 rings (SSSR count). The second-order valence-electron chi connectivity index (χ2n) is 8.94. The number of fused-ring (bicyclic) bond motifs is 1. The highest BCUT2D eigenvalue weighted by Crippen LogP contribution is 2.46. The normalized spacial score (nSPS) is 23.8. The Morgan fingerprint density at radius 2 is 2.03 bits per heavy atom. The number of rotatable bonds is 10. The molecule has 1 unspecified atom stereocenters. The number of ether oxygens (including phenoxy) is 2. The number of carbonyl (C=O) groups is 1. The minimum absolute atomic E-state index is 0.0106. The average molecular weight is 551 g/mol. The van der Waals surface area contributed by atoms with Crippen LogP contribution in [0.1, 0.15) is 27.0 Å². The van der Waals surface area contributed by atoms with Gasteiger partial charge in [0.15, 0.2) is 17.4 Å². The number of anilines is 1. The van der Waals surface area contributed by atoms with Crippen LogP contribution in [0.4, 0.5) is 5.95 Å². The Morgan fingerprint density at radius 3 is 2.71 bits per heavy atom. The first kappa shape index (κ1) is 27.7. The van der Waals surface area contributed by atoms with Crippen molar-refractivity contribution in [1.29, 1.82) is 0 Å². The van der Waals surface area contributed by atoms with Crippen LogP contribution in [0.2, 0.25) is 0 Å². The van der Waals surface area contributed by atoms with E-state index in [-0.39, 0.29) is 29.0 Å². The molecule has 16 heteroatoms. The molecule has 1 aliphatic heterocycles. The molecule has 1 saturated heterocycles. The summed E-state index contributed by atoms with van der Waals surface area (Å²) in [5, 5.41) is 13.3. The molecule has 206 valence electrons. The van der Waals surface area contributed by atoms with Gasteiger partial charge in [-0.2, -0.15) is 10.1 Å². The zero-order valence-electron chi connectivity index (χ0n) is 20.9. The standard InChI is InChI=1S/C22H30N7O8P/c1-11(2)35-21(32)12(3)28-38(33,37-13-7-5-4-6-8-13)34-9-14-17(30)15(23)20(36-14)29-10-25-16-18(29)26-22(24)27-19(16)31/h4-8,10-12,14-15,17,20,30H,9,23H2,1-3H3,(H,28,33)(H3,24,26,27,31)/t12-,14+,15+,17+,20+,38?/m0/s1. The van der Waals surface area contributed by atoms with Crippen LogP contribution in [0.25, 0.3) is 11.2 Å². The summed E-state index contributed by atoms with van der Waals surface area (Å²) in [5.74, 6) is -0.575. The first-order valence-corrected chi connectivity index (χ1v) is 13.3. The lowest BCUT2D eigenvalue weighted by Gasteiger charge is -2.25. The molecule has 1 fully saturated rings. The van der Waals surface area contributed by atoms with Gasteiger partial charge < -0.3 is 30.6 Å². The van der Waals surface area contributed by atoms with E-state index in [0.717, 1.165) is 0 Å². The minimum Gasteiger partial charge on any atom is -0.462 e. The fourth-order valence-corrected chi connectivity index (χ4v) is 5.29. The van der Waals surface area contributed by atoms with Gasteiger partial charge >= 0.3 is 13.7 Å². The van der Waals surface area contributed by atoms with E-state index in [4.69, 9.17) is 30.0 Å². The number of nitrogens with one attached hydrogen (secondary N) is 2. The van der Waals surface area contributed by atoms with Crippen LogP contribution in [0, 0.1) is 0 Å². The van der Waals surface area contributed by atoms with E-state index in [0.29, 0.717) is 0 Å². The molecule has 0 saturated carbocycles. The number of para-hydroxylation sites is 1. The quantitative estimate of drug-likeness (QED) is 0.171. The van der Waals surface area contributed by atoms with E-state index in [2.05, 4.69) is 20.0 Å². The zero-order valence-corrected chi connectivity index (χ0v) is 21.8. The predicted molar refractivity (Wildman–Crippen MR) is 135 cm³/mol. The summed E-state index contributed by atoms with van der Waals surface area (Å²) in [7, 11) is -4.20. The SMILES string of the molecule is CC(C)OC(=O)[C@H](C)NP(=O)(OC[C@H]1O[C@@H](n2cnc3c(=O)[nH]c(N)nc32)[C@H](N)[C@@H]1O)Oc1ccccc1. The number of hydrogen-bond donors (Lipinski definition) is 5. The summed E-state index contributed by atoms with van der Waals surface area (Å²) in [6.07, 6.45) is -2.44. The fraction of sp³-hybridized carbons (Fsp3) is 0.455. The summed E-state index contributed by atoms with van der Waals surface area (Å²) < 4.78 is 37.3. The Morgan fingerprint density at radius 1 is 1.32 bits per heavy atom. The number of aromatic amines is 1. The number of nitrogens with two attached hydrogens (primary N) is 2. The summed E-state index contributed by atoms with van der Waals surface area (Å²) in [5.41, 5.74) is 11.4. The lowest BCUT2D eigenvalue weighted by Crippen LogP contribution is -2.41. The maximum Gasteiger partial charge on any atom is 0.459 e. The molecule has 0 spiro atoms. The number of aliphatic hydroxyl groups is 1. The number of benzene rings is 1. The van der Waals surface area contributed by atoms with E-state index in [9.17, 15) is 19.3 Å². The van der Waals surface area contributed by atoms with Crippen LogP contribution in [0.5, 0.6) is 5.75 Å². The predicted octanol–water partition coefficient (Wildman–Crippen LogP) is 0.421. The van der Waals surface area contributed by atoms with E-state index >= 15 is 0 Å². The highest BCUT2D eigenvalue weighted by Gasteiger charge is 2.45. The van der Waals surface area contributed by atoms with Crippen molar-refractivity contribution < 1.29 is 33.0 Å². The largest absolute Gasteiger partial charge is 0.462 e. The first-order valence-electron chi connectivity index (χ1n) is 11.8. The Balaban J connectivity index is 1.52. The van der Waals surface area contributed by atoms with Crippen LogP contribution in [-0.4, -0.2) is 67.6 Å². The first-order chi connectivity index (χ1) is 18.0. The molecule has 0 amide bonds. The van der Waals surface area contributed by atoms with Crippen molar-refractivity contribution in [2.45, 2.75) is 57.4 Å². The molecule has 1 aliphatic rings. The van der Waals surface area contributed by atoms with Crippen molar-refractivity contribution in [2.75, 3.05) is 12.3 Å². The topological polar surface area (TPSA) is 219 Å². The van der Waals surface area contributed by atoms with Crippen molar-refractivity contribution in [2.24, 2.45) is 5.73 Å². The lowest BCUT2D eigenvalue weighted by molar-refractivity contribution is -0.149. The number of imidazole rings is 1. The second kappa shape index (κ2) is 11.2. The van der Waals surface area contributed by atoms with Gasteiger partial charge in [-0.3, -0.25) is 23.7 Å². The Hall–Kier alpha value is -3.33. The molecule has 1 aromatic carbocycles. The number of nitrogens with zero attached hydrogens (tertiary/aromatic N) is 3. The van der Waals surface area contributed by atoms with Gasteiger partial charge in [-0.05, 0) is 32.9 Å². The molecule has 0 radical (unpaired) electrons. The van der Waals surface area contributed by atoms with Gasteiger partial charge in [-0.1, -0.05) is 18.2 Å². The van der Waals surface area contributed by atoms with Crippen molar-refractivity contribution in [3.8, 4) is 5.75 Å².